The Balaban J connectivity index is 2.41. The average Bonchev–Trinajstić information content (AvgIpc) is 2.29. The Labute approximate surface area is 118 Å². The van der Waals surface area contributed by atoms with Gasteiger partial charge in [0.15, 0.2) is 0 Å². The molecule has 0 saturated heterocycles. The fourth-order valence-corrected chi connectivity index (χ4v) is 1.77. The average molecular weight is 370 g/mol. The molecule has 0 N–H and O–H groups in total. The number of benzene rings is 1. The number of aryl methyl sites for hydroxylation is 1. The van der Waals surface area contributed by atoms with Crippen molar-refractivity contribution in [3.63, 3.8) is 0 Å². The van der Waals surface area contributed by atoms with Gasteiger partial charge in [-0.3, -0.25) is 0 Å². The molecule has 0 amide bonds. The summed E-state index contributed by atoms with van der Waals surface area (Å²) in [5.74, 6) is -0.174. The highest BCUT2D eigenvalue weighted by molar-refractivity contribution is 14.1. The normalized spacial score (nSPS) is 12.0. The molecule has 1 nitrogen and oxygen atoms in total. The number of allylic oxidation sites excluding steroid dienone is 2. The first kappa shape index (κ1) is 15.3. The highest BCUT2D eigenvalue weighted by Gasteiger charge is 2.30. The molecule has 0 aliphatic rings. The molecule has 0 atom stereocenters. The van der Waals surface area contributed by atoms with Crippen LogP contribution in [0, 0.1) is 0 Å². The summed E-state index contributed by atoms with van der Waals surface area (Å²) in [5, 5.41) is 0. The van der Waals surface area contributed by atoms with Crippen LogP contribution in [-0.2, 0) is 6.42 Å². The lowest BCUT2D eigenvalue weighted by Crippen LogP contribution is -2.17. The van der Waals surface area contributed by atoms with Gasteiger partial charge in [-0.2, -0.15) is 0 Å². The Bertz CT molecular complexity index is 371. The number of hydrogen-bond donors (Lipinski definition) is 0. The van der Waals surface area contributed by atoms with Crippen molar-refractivity contribution in [1.82, 2.24) is 0 Å². The smallest absolute Gasteiger partial charge is 0.406 e. The van der Waals surface area contributed by atoms with Crippen molar-refractivity contribution in [3.05, 3.63) is 42.0 Å². The molecule has 5 heteroatoms. The van der Waals surface area contributed by atoms with Gasteiger partial charge in [-0.05, 0) is 37.0 Å². The Morgan fingerprint density at radius 3 is 2.22 bits per heavy atom. The number of halogens is 4. The molecule has 0 heterocycles. The maximum absolute atomic E-state index is 11.9. The van der Waals surface area contributed by atoms with E-state index in [0.717, 1.165) is 29.3 Å². The van der Waals surface area contributed by atoms with Gasteiger partial charge in [0, 0.05) is 4.43 Å². The third-order valence-electron chi connectivity index (χ3n) is 2.20. The van der Waals surface area contributed by atoms with Crippen LogP contribution in [0.15, 0.2) is 36.4 Å². The number of hydrogen-bond acceptors (Lipinski definition) is 1. The Morgan fingerprint density at radius 1 is 1.06 bits per heavy atom. The molecule has 1 aromatic rings. The van der Waals surface area contributed by atoms with Crippen LogP contribution in [0.25, 0.3) is 0 Å². The van der Waals surface area contributed by atoms with E-state index in [0.29, 0.717) is 0 Å². The molecule has 0 fully saturated rings. The summed E-state index contributed by atoms with van der Waals surface area (Å²) in [7, 11) is 0. The minimum Gasteiger partial charge on any atom is -0.406 e. The molecule has 0 spiro atoms. The van der Waals surface area contributed by atoms with Gasteiger partial charge in [-0.25, -0.2) is 0 Å². The molecule has 0 saturated carbocycles. The minimum atomic E-state index is -4.62. The predicted octanol–water partition coefficient (Wildman–Crippen LogP) is 4.90. The SMILES string of the molecule is FC(F)(F)Oc1ccc(CC/C=C/CCI)cc1. The minimum absolute atomic E-state index is 0.174. The van der Waals surface area contributed by atoms with E-state index in [1.54, 1.807) is 12.1 Å². The molecular weight excluding hydrogens is 356 g/mol. The van der Waals surface area contributed by atoms with Crippen molar-refractivity contribution < 1.29 is 17.9 Å². The van der Waals surface area contributed by atoms with E-state index in [4.69, 9.17) is 0 Å². The molecule has 100 valence electrons. The van der Waals surface area contributed by atoms with Gasteiger partial charge in [0.2, 0.25) is 0 Å². The van der Waals surface area contributed by atoms with E-state index >= 15 is 0 Å². The van der Waals surface area contributed by atoms with Gasteiger partial charge in [0.25, 0.3) is 0 Å². The van der Waals surface area contributed by atoms with Gasteiger partial charge >= 0.3 is 6.36 Å². The highest BCUT2D eigenvalue weighted by Crippen LogP contribution is 2.22. The van der Waals surface area contributed by atoms with E-state index in [1.165, 1.54) is 12.1 Å². The third-order valence-corrected chi connectivity index (χ3v) is 2.82. The van der Waals surface area contributed by atoms with Crippen LogP contribution < -0.4 is 4.74 Å². The van der Waals surface area contributed by atoms with E-state index in [-0.39, 0.29) is 5.75 Å². The Morgan fingerprint density at radius 2 is 1.67 bits per heavy atom. The van der Waals surface area contributed by atoms with Crippen LogP contribution in [0.3, 0.4) is 0 Å². The summed E-state index contributed by atoms with van der Waals surface area (Å²) in [6.07, 6.45) is 2.37. The van der Waals surface area contributed by atoms with Crippen molar-refractivity contribution >= 4 is 22.6 Å². The van der Waals surface area contributed by atoms with E-state index in [1.807, 2.05) is 0 Å². The zero-order valence-electron chi connectivity index (χ0n) is 9.71. The van der Waals surface area contributed by atoms with E-state index in [9.17, 15) is 13.2 Å². The summed E-state index contributed by atoms with van der Waals surface area (Å²) >= 11 is 2.31. The number of alkyl halides is 4. The summed E-state index contributed by atoms with van der Waals surface area (Å²) in [6, 6.07) is 6.01. The highest BCUT2D eigenvalue weighted by atomic mass is 127. The summed E-state index contributed by atoms with van der Waals surface area (Å²) < 4.78 is 40.7. The van der Waals surface area contributed by atoms with Gasteiger partial charge in [-0.15, -0.1) is 13.2 Å². The van der Waals surface area contributed by atoms with Crippen LogP contribution in [0.4, 0.5) is 13.2 Å². The lowest BCUT2D eigenvalue weighted by Gasteiger charge is -2.08. The first-order valence-electron chi connectivity index (χ1n) is 5.57. The van der Waals surface area contributed by atoms with Gasteiger partial charge < -0.3 is 4.74 Å². The van der Waals surface area contributed by atoms with Crippen molar-refractivity contribution in [3.8, 4) is 5.75 Å². The maximum Gasteiger partial charge on any atom is 0.573 e. The predicted molar refractivity (Wildman–Crippen MR) is 74.1 cm³/mol. The summed E-state index contributed by atoms with van der Waals surface area (Å²) in [6.45, 7) is 0. The van der Waals surface area contributed by atoms with Crippen LogP contribution >= 0.6 is 22.6 Å². The molecule has 0 radical (unpaired) electrons. The Hall–Kier alpha value is -0.720. The quantitative estimate of drug-likeness (QED) is 0.393. The largest absolute Gasteiger partial charge is 0.573 e. The maximum atomic E-state index is 11.9. The summed E-state index contributed by atoms with van der Waals surface area (Å²) in [4.78, 5) is 0. The zero-order valence-corrected chi connectivity index (χ0v) is 11.9. The van der Waals surface area contributed by atoms with Crippen molar-refractivity contribution in [2.24, 2.45) is 0 Å². The second-order valence-electron chi connectivity index (χ2n) is 3.68. The molecular formula is C13H14F3IO. The van der Waals surface area contributed by atoms with Crippen LogP contribution in [0.2, 0.25) is 0 Å². The van der Waals surface area contributed by atoms with E-state index < -0.39 is 6.36 Å². The lowest BCUT2D eigenvalue weighted by molar-refractivity contribution is -0.274. The van der Waals surface area contributed by atoms with Crippen LogP contribution in [-0.4, -0.2) is 10.8 Å². The first-order valence-corrected chi connectivity index (χ1v) is 7.09. The number of ether oxygens (including phenoxy) is 1. The topological polar surface area (TPSA) is 9.23 Å². The molecule has 0 bridgehead atoms. The van der Waals surface area contributed by atoms with Gasteiger partial charge in [-0.1, -0.05) is 46.9 Å². The van der Waals surface area contributed by atoms with Crippen LogP contribution in [0.1, 0.15) is 18.4 Å². The van der Waals surface area contributed by atoms with Crippen LogP contribution in [0.5, 0.6) is 5.75 Å². The molecule has 1 rings (SSSR count). The van der Waals surface area contributed by atoms with Crippen molar-refractivity contribution in [2.75, 3.05) is 4.43 Å². The molecule has 18 heavy (non-hydrogen) atoms. The second kappa shape index (κ2) is 7.66. The fraction of sp³-hybridized carbons (Fsp3) is 0.385. The Kier molecular flexibility index (Phi) is 6.52. The first-order chi connectivity index (χ1) is 8.51. The molecule has 0 aliphatic heterocycles. The molecule has 1 aromatic carbocycles. The standard InChI is InChI=1S/C13H14F3IO/c14-13(15,16)18-12-8-6-11(7-9-12)5-3-1-2-4-10-17/h1-2,6-9H,3-5,10H2/b2-1+. The molecule has 0 unspecified atom stereocenters. The number of rotatable bonds is 6. The zero-order chi connectivity index (χ0) is 13.4. The monoisotopic (exact) mass is 370 g/mol. The van der Waals surface area contributed by atoms with Crippen molar-refractivity contribution in [1.29, 1.82) is 0 Å². The van der Waals surface area contributed by atoms with Gasteiger partial charge in [0.05, 0.1) is 0 Å². The van der Waals surface area contributed by atoms with Gasteiger partial charge in [0.1, 0.15) is 5.75 Å². The molecule has 0 aromatic heterocycles. The third kappa shape index (κ3) is 6.88. The fourth-order valence-electron chi connectivity index (χ4n) is 1.41. The van der Waals surface area contributed by atoms with E-state index in [2.05, 4.69) is 39.5 Å². The second-order valence-corrected chi connectivity index (χ2v) is 4.76. The lowest BCUT2D eigenvalue weighted by atomic mass is 10.1. The molecule has 0 aliphatic carbocycles. The summed E-state index contributed by atoms with van der Waals surface area (Å²) in [5.41, 5.74) is 1.00. The van der Waals surface area contributed by atoms with Crippen molar-refractivity contribution in [2.45, 2.75) is 25.6 Å².